The van der Waals surface area contributed by atoms with Gasteiger partial charge in [-0.05, 0) is 6.07 Å². The molecule has 128 valence electrons. The van der Waals surface area contributed by atoms with Gasteiger partial charge in [-0.15, -0.1) is 0 Å². The zero-order valence-electron chi connectivity index (χ0n) is 13.6. The largest absolute Gasteiger partial charge is 0.393 e. The Morgan fingerprint density at radius 1 is 1.38 bits per heavy atom. The minimum absolute atomic E-state index is 0.195. The van der Waals surface area contributed by atoms with Gasteiger partial charge in [0, 0.05) is 20.6 Å². The highest BCUT2D eigenvalue weighted by atomic mass is 16.3. The van der Waals surface area contributed by atoms with Gasteiger partial charge in [0.1, 0.15) is 17.6 Å². The predicted molar refractivity (Wildman–Crippen MR) is 85.4 cm³/mol. The van der Waals surface area contributed by atoms with Crippen LogP contribution >= 0.6 is 0 Å². The van der Waals surface area contributed by atoms with Crippen molar-refractivity contribution < 1.29 is 15.0 Å². The van der Waals surface area contributed by atoms with Gasteiger partial charge in [0.25, 0.3) is 5.91 Å². The number of anilines is 1. The maximum Gasteiger partial charge on any atom is 0.273 e. The fourth-order valence-electron chi connectivity index (χ4n) is 2.58. The van der Waals surface area contributed by atoms with Crippen molar-refractivity contribution in [1.29, 1.82) is 0 Å². The maximum atomic E-state index is 12.0. The number of hydrogen-bond donors (Lipinski definition) is 2. The van der Waals surface area contributed by atoms with E-state index in [1.165, 1.54) is 11.1 Å². The average Bonchev–Trinajstić information content (AvgIpc) is 3.03. The summed E-state index contributed by atoms with van der Waals surface area (Å²) in [6.45, 7) is 1.47. The normalized spacial score (nSPS) is 15.1. The summed E-state index contributed by atoms with van der Waals surface area (Å²) in [4.78, 5) is 24.0. The molecule has 1 amide bonds. The molecule has 0 spiro atoms. The molecule has 0 saturated carbocycles. The first kappa shape index (κ1) is 16.3. The van der Waals surface area contributed by atoms with Crippen LogP contribution in [-0.4, -0.2) is 68.0 Å². The molecule has 9 nitrogen and oxygen atoms in total. The number of hydrogen-bond acceptors (Lipinski definition) is 7. The second-order valence-corrected chi connectivity index (χ2v) is 5.87. The summed E-state index contributed by atoms with van der Waals surface area (Å²) >= 11 is 0. The van der Waals surface area contributed by atoms with E-state index < -0.39 is 6.10 Å². The third-order valence-corrected chi connectivity index (χ3v) is 3.90. The van der Waals surface area contributed by atoms with Crippen molar-refractivity contribution in [2.75, 3.05) is 32.1 Å². The molecule has 2 N–H and O–H groups in total. The maximum absolute atomic E-state index is 12.0. The summed E-state index contributed by atoms with van der Waals surface area (Å²) in [5.74, 6) is 0.430. The molecule has 1 aliphatic heterocycles. The second kappa shape index (κ2) is 6.54. The van der Waals surface area contributed by atoms with Gasteiger partial charge in [-0.3, -0.25) is 14.5 Å². The number of aliphatic hydroxyl groups excluding tert-OH is 2. The molecule has 1 atom stereocenters. The summed E-state index contributed by atoms with van der Waals surface area (Å²) < 4.78 is 1.81. The van der Waals surface area contributed by atoms with Gasteiger partial charge in [0.2, 0.25) is 0 Å². The number of carbonyl (C=O) groups is 1. The Morgan fingerprint density at radius 2 is 2.17 bits per heavy atom. The van der Waals surface area contributed by atoms with Crippen LogP contribution in [0.2, 0.25) is 0 Å². The highest BCUT2D eigenvalue weighted by Crippen LogP contribution is 2.21. The van der Waals surface area contributed by atoms with E-state index in [0.29, 0.717) is 36.8 Å². The topological polar surface area (TPSA) is 108 Å². The van der Waals surface area contributed by atoms with Crippen molar-refractivity contribution in [2.45, 2.75) is 19.2 Å². The Bertz CT molecular complexity index is 745. The van der Waals surface area contributed by atoms with E-state index in [9.17, 15) is 9.90 Å². The molecule has 0 radical (unpaired) electrons. The van der Waals surface area contributed by atoms with Crippen LogP contribution in [0.1, 0.15) is 28.0 Å². The van der Waals surface area contributed by atoms with Gasteiger partial charge in [-0.25, -0.2) is 4.98 Å². The van der Waals surface area contributed by atoms with E-state index in [2.05, 4.69) is 15.1 Å². The number of amides is 1. The molecule has 0 aromatic carbocycles. The van der Waals surface area contributed by atoms with E-state index >= 15 is 0 Å². The van der Waals surface area contributed by atoms with Gasteiger partial charge in [0.15, 0.2) is 0 Å². The van der Waals surface area contributed by atoms with Crippen LogP contribution in [0.5, 0.6) is 0 Å². The van der Waals surface area contributed by atoms with Crippen LogP contribution in [0.3, 0.4) is 0 Å². The summed E-state index contributed by atoms with van der Waals surface area (Å²) in [6, 6.07) is 1.77. The monoisotopic (exact) mass is 332 g/mol. The highest BCUT2D eigenvalue weighted by molar-refractivity contribution is 5.91. The molecule has 24 heavy (non-hydrogen) atoms. The van der Waals surface area contributed by atoms with Gasteiger partial charge in [-0.1, -0.05) is 0 Å². The number of nitrogens with zero attached hydrogens (tertiary/aromatic N) is 6. The number of rotatable bonds is 4. The number of carbonyl (C=O) groups excluding carboxylic acids is 1. The van der Waals surface area contributed by atoms with Crippen LogP contribution in [0, 0.1) is 0 Å². The lowest BCUT2D eigenvalue weighted by molar-refractivity contribution is 0.0821. The Hall–Kier alpha value is -2.52. The third-order valence-electron chi connectivity index (χ3n) is 3.90. The molecule has 0 fully saturated rings. The van der Waals surface area contributed by atoms with Gasteiger partial charge in [-0.2, -0.15) is 5.10 Å². The van der Waals surface area contributed by atoms with Crippen molar-refractivity contribution in [1.82, 2.24) is 24.6 Å². The molecule has 0 aliphatic carbocycles. The summed E-state index contributed by atoms with van der Waals surface area (Å²) in [5.41, 5.74) is 1.67. The second-order valence-electron chi connectivity index (χ2n) is 5.87. The highest BCUT2D eigenvalue weighted by Gasteiger charge is 2.22. The predicted octanol–water partition coefficient (Wildman–Crippen LogP) is -0.579. The van der Waals surface area contributed by atoms with E-state index in [4.69, 9.17) is 5.11 Å². The van der Waals surface area contributed by atoms with Gasteiger partial charge < -0.3 is 20.0 Å². The van der Waals surface area contributed by atoms with Crippen molar-refractivity contribution in [3.05, 3.63) is 35.5 Å². The zero-order chi connectivity index (χ0) is 17.3. The standard InChI is InChI=1S/C15H20N6O3/c1-19(2)15(24)12-6-16-7-14(17-12)20-3-4-21-10(8-20)5-11(18-21)13(23)9-22/h5-7,13,22-23H,3-4,8-9H2,1-2H3/t13-/m0/s1. The quantitative estimate of drug-likeness (QED) is 0.771. The lowest BCUT2D eigenvalue weighted by Gasteiger charge is -2.28. The average molecular weight is 332 g/mol. The Kier molecular flexibility index (Phi) is 4.45. The van der Waals surface area contributed by atoms with Gasteiger partial charge >= 0.3 is 0 Å². The van der Waals surface area contributed by atoms with Crippen LogP contribution in [0.25, 0.3) is 0 Å². The van der Waals surface area contributed by atoms with E-state index in [-0.39, 0.29) is 12.5 Å². The first-order valence-electron chi connectivity index (χ1n) is 7.63. The van der Waals surface area contributed by atoms with Crippen LogP contribution < -0.4 is 4.90 Å². The van der Waals surface area contributed by atoms with E-state index in [1.807, 2.05) is 9.58 Å². The molecule has 0 unspecified atom stereocenters. The fraction of sp³-hybridized carbons (Fsp3) is 0.467. The summed E-state index contributed by atoms with van der Waals surface area (Å²) in [7, 11) is 3.34. The summed E-state index contributed by atoms with van der Waals surface area (Å²) in [5, 5.41) is 23.1. The lowest BCUT2D eigenvalue weighted by Crippen LogP contribution is -2.35. The number of aliphatic hydroxyl groups is 2. The Morgan fingerprint density at radius 3 is 2.88 bits per heavy atom. The SMILES string of the molecule is CN(C)C(=O)c1cncc(N2CCn3nc([C@@H](O)CO)cc3C2)n1. The lowest BCUT2D eigenvalue weighted by atomic mass is 10.2. The first-order valence-corrected chi connectivity index (χ1v) is 7.63. The third kappa shape index (κ3) is 3.08. The molecule has 0 bridgehead atoms. The molecule has 3 heterocycles. The van der Waals surface area contributed by atoms with E-state index in [0.717, 1.165) is 5.69 Å². The van der Waals surface area contributed by atoms with E-state index in [1.54, 1.807) is 26.4 Å². The van der Waals surface area contributed by atoms with Crippen LogP contribution in [-0.2, 0) is 13.1 Å². The van der Waals surface area contributed by atoms with Crippen molar-refractivity contribution in [3.63, 3.8) is 0 Å². The summed E-state index contributed by atoms with van der Waals surface area (Å²) in [6.07, 6.45) is 2.11. The molecule has 0 saturated heterocycles. The molecule has 2 aromatic rings. The number of fused-ring (bicyclic) bond motifs is 1. The van der Waals surface area contributed by atoms with Crippen molar-refractivity contribution in [2.24, 2.45) is 0 Å². The molecular weight excluding hydrogens is 312 g/mol. The number of aromatic nitrogens is 4. The van der Waals surface area contributed by atoms with Crippen LogP contribution in [0.4, 0.5) is 5.82 Å². The smallest absolute Gasteiger partial charge is 0.273 e. The molecule has 1 aliphatic rings. The van der Waals surface area contributed by atoms with Crippen molar-refractivity contribution >= 4 is 11.7 Å². The minimum atomic E-state index is -0.975. The zero-order valence-corrected chi connectivity index (χ0v) is 13.6. The molecule has 9 heteroatoms. The minimum Gasteiger partial charge on any atom is -0.393 e. The fourth-order valence-corrected chi connectivity index (χ4v) is 2.58. The Balaban J connectivity index is 1.81. The van der Waals surface area contributed by atoms with Crippen LogP contribution in [0.15, 0.2) is 18.5 Å². The Labute approximate surface area is 139 Å². The van der Waals surface area contributed by atoms with Crippen molar-refractivity contribution in [3.8, 4) is 0 Å². The first-order chi connectivity index (χ1) is 11.5. The molecule has 3 rings (SSSR count). The molecule has 2 aromatic heterocycles. The molecular formula is C15H20N6O3. The van der Waals surface area contributed by atoms with Gasteiger partial charge in [0.05, 0.1) is 43.5 Å².